The van der Waals surface area contributed by atoms with Crippen LogP contribution < -0.4 is 10.1 Å². The summed E-state index contributed by atoms with van der Waals surface area (Å²) in [5.41, 5.74) is 0.914. The van der Waals surface area contributed by atoms with E-state index < -0.39 is 0 Å². The van der Waals surface area contributed by atoms with Gasteiger partial charge in [0, 0.05) is 5.69 Å². The minimum Gasteiger partial charge on any atom is -0.492 e. The topological polar surface area (TPSA) is 34.4 Å². The molecule has 2 rings (SSSR count). The van der Waals surface area contributed by atoms with Crippen LogP contribution in [-0.4, -0.2) is 6.61 Å². The summed E-state index contributed by atoms with van der Waals surface area (Å²) in [7, 11) is 0. The molecule has 2 aromatic rings. The normalized spacial score (nSPS) is 10.5. The summed E-state index contributed by atoms with van der Waals surface area (Å²) < 4.78 is 12.4. The molecule has 6 heteroatoms. The Hall–Kier alpha value is -0.650. The van der Waals surface area contributed by atoms with E-state index in [9.17, 15) is 0 Å². The molecule has 1 N–H and O–H groups in total. The van der Waals surface area contributed by atoms with Crippen molar-refractivity contribution < 1.29 is 9.15 Å². The fourth-order valence-electron chi connectivity index (χ4n) is 1.55. The summed E-state index contributed by atoms with van der Waals surface area (Å²) in [4.78, 5) is 0. The smallest absolute Gasteiger partial charge is 0.183 e. The molecule has 0 aliphatic rings. The number of halogens is 3. The number of furan rings is 1. The van der Waals surface area contributed by atoms with E-state index in [1.54, 1.807) is 0 Å². The molecule has 0 amide bonds. The van der Waals surface area contributed by atoms with Crippen molar-refractivity contribution in [1.29, 1.82) is 0 Å². The summed E-state index contributed by atoms with van der Waals surface area (Å²) in [5.74, 6) is 1.52. The van der Waals surface area contributed by atoms with Gasteiger partial charge >= 0.3 is 0 Å². The lowest BCUT2D eigenvalue weighted by Crippen LogP contribution is -1.99. The van der Waals surface area contributed by atoms with Crippen LogP contribution in [0.4, 0.5) is 5.69 Å². The molecular weight excluding hydrogens is 397 g/mol. The zero-order valence-electron chi connectivity index (χ0n) is 10.2. The van der Waals surface area contributed by atoms with Gasteiger partial charge in [-0.3, -0.25) is 0 Å². The van der Waals surface area contributed by atoms with E-state index in [0.717, 1.165) is 15.9 Å². The minimum atomic E-state index is 0.578. The highest BCUT2D eigenvalue weighted by atomic mass is 79.9. The second kappa shape index (κ2) is 6.68. The Morgan fingerprint density at radius 3 is 2.68 bits per heavy atom. The average molecular weight is 410 g/mol. The standard InChI is InChI=1S/C13H12Br2ClNO2/c1-2-18-12-4-3-8(5-11(12)16)17-7-9-6-10(14)13(15)19-9/h3-6,17H,2,7H2,1H3. The number of nitrogens with one attached hydrogen (secondary N) is 1. The van der Waals surface area contributed by atoms with E-state index >= 15 is 0 Å². The second-order valence-corrected chi connectivity index (χ2v) is 5.75. The Morgan fingerprint density at radius 2 is 2.11 bits per heavy atom. The van der Waals surface area contributed by atoms with Gasteiger partial charge in [0.25, 0.3) is 0 Å². The van der Waals surface area contributed by atoms with E-state index in [2.05, 4.69) is 37.2 Å². The van der Waals surface area contributed by atoms with Gasteiger partial charge in [-0.1, -0.05) is 11.6 Å². The molecular formula is C13H12Br2ClNO2. The fraction of sp³-hybridized carbons (Fsp3) is 0.231. The Labute approximate surface area is 133 Å². The maximum atomic E-state index is 6.12. The van der Waals surface area contributed by atoms with Gasteiger partial charge in [0.05, 0.1) is 22.6 Å². The van der Waals surface area contributed by atoms with Crippen molar-refractivity contribution in [3.63, 3.8) is 0 Å². The molecule has 0 unspecified atom stereocenters. The number of ether oxygens (including phenoxy) is 1. The van der Waals surface area contributed by atoms with E-state index in [-0.39, 0.29) is 0 Å². The summed E-state index contributed by atoms with van der Waals surface area (Å²) in [5, 5.41) is 3.83. The minimum absolute atomic E-state index is 0.578. The third kappa shape index (κ3) is 3.91. The largest absolute Gasteiger partial charge is 0.492 e. The van der Waals surface area contributed by atoms with Gasteiger partial charge in [-0.25, -0.2) is 0 Å². The van der Waals surface area contributed by atoms with E-state index in [1.807, 2.05) is 31.2 Å². The van der Waals surface area contributed by atoms with Crippen molar-refractivity contribution in [1.82, 2.24) is 0 Å². The third-order valence-electron chi connectivity index (χ3n) is 2.39. The highest BCUT2D eigenvalue weighted by Crippen LogP contribution is 2.29. The molecule has 0 bridgehead atoms. The molecule has 102 valence electrons. The first-order valence-electron chi connectivity index (χ1n) is 5.70. The first kappa shape index (κ1) is 14.8. The summed E-state index contributed by atoms with van der Waals surface area (Å²) in [6.45, 7) is 3.10. The predicted molar refractivity (Wildman–Crippen MR) is 84.1 cm³/mol. The van der Waals surface area contributed by atoms with Crippen molar-refractivity contribution in [2.24, 2.45) is 0 Å². The van der Waals surface area contributed by atoms with Crippen LogP contribution in [-0.2, 0) is 6.54 Å². The molecule has 1 aromatic carbocycles. The average Bonchev–Trinajstić information content (AvgIpc) is 2.70. The van der Waals surface area contributed by atoms with Crippen molar-refractivity contribution in [2.75, 3.05) is 11.9 Å². The van der Waals surface area contributed by atoms with Gasteiger partial charge in [0.15, 0.2) is 4.67 Å². The molecule has 0 fully saturated rings. The summed E-state index contributed by atoms with van der Waals surface area (Å²) in [6, 6.07) is 7.51. The van der Waals surface area contributed by atoms with Gasteiger partial charge in [0.2, 0.25) is 0 Å². The van der Waals surface area contributed by atoms with Crippen LogP contribution in [0.25, 0.3) is 0 Å². The van der Waals surface area contributed by atoms with Gasteiger partial charge < -0.3 is 14.5 Å². The summed E-state index contributed by atoms with van der Waals surface area (Å²) >= 11 is 12.8. The molecule has 3 nitrogen and oxygen atoms in total. The molecule has 0 saturated heterocycles. The van der Waals surface area contributed by atoms with E-state index in [4.69, 9.17) is 20.8 Å². The van der Waals surface area contributed by atoms with Gasteiger partial charge in [-0.2, -0.15) is 0 Å². The van der Waals surface area contributed by atoms with Gasteiger partial charge in [0.1, 0.15) is 11.5 Å². The lowest BCUT2D eigenvalue weighted by molar-refractivity contribution is 0.340. The second-order valence-electron chi connectivity index (χ2n) is 3.77. The number of benzene rings is 1. The Morgan fingerprint density at radius 1 is 1.32 bits per heavy atom. The first-order chi connectivity index (χ1) is 9.10. The monoisotopic (exact) mass is 407 g/mol. The van der Waals surface area contributed by atoms with Crippen molar-refractivity contribution in [2.45, 2.75) is 13.5 Å². The molecule has 0 aliphatic heterocycles. The fourth-order valence-corrected chi connectivity index (χ4v) is 2.44. The van der Waals surface area contributed by atoms with E-state index in [0.29, 0.717) is 28.6 Å². The molecule has 0 aliphatic carbocycles. The molecule has 1 heterocycles. The van der Waals surface area contributed by atoms with Crippen molar-refractivity contribution >= 4 is 49.1 Å². The number of hydrogen-bond acceptors (Lipinski definition) is 3. The Kier molecular flexibility index (Phi) is 5.19. The Balaban J connectivity index is 2.01. The van der Waals surface area contributed by atoms with Gasteiger partial charge in [-0.15, -0.1) is 0 Å². The SMILES string of the molecule is CCOc1ccc(NCc2cc(Br)c(Br)o2)cc1Cl. The van der Waals surface area contributed by atoms with Crippen LogP contribution >= 0.6 is 43.5 Å². The quantitative estimate of drug-likeness (QED) is 0.711. The van der Waals surface area contributed by atoms with Crippen LogP contribution in [0.2, 0.25) is 5.02 Å². The van der Waals surface area contributed by atoms with Crippen LogP contribution in [0.5, 0.6) is 5.75 Å². The Bertz CT molecular complexity index is 552. The van der Waals surface area contributed by atoms with Crippen LogP contribution in [0.15, 0.2) is 37.8 Å². The lowest BCUT2D eigenvalue weighted by Gasteiger charge is -2.09. The lowest BCUT2D eigenvalue weighted by atomic mass is 10.3. The molecule has 0 spiro atoms. The first-order valence-corrected chi connectivity index (χ1v) is 7.66. The highest BCUT2D eigenvalue weighted by Gasteiger charge is 2.07. The van der Waals surface area contributed by atoms with Crippen LogP contribution in [0.3, 0.4) is 0 Å². The zero-order chi connectivity index (χ0) is 13.8. The van der Waals surface area contributed by atoms with Crippen LogP contribution in [0.1, 0.15) is 12.7 Å². The highest BCUT2D eigenvalue weighted by molar-refractivity contribution is 9.13. The molecule has 0 saturated carbocycles. The van der Waals surface area contributed by atoms with E-state index in [1.165, 1.54) is 0 Å². The predicted octanol–water partition coefficient (Wildman–Crippen LogP) is 5.47. The maximum absolute atomic E-state index is 6.12. The number of anilines is 1. The van der Waals surface area contributed by atoms with Crippen molar-refractivity contribution in [3.05, 3.63) is 44.2 Å². The number of hydrogen-bond donors (Lipinski definition) is 1. The van der Waals surface area contributed by atoms with Gasteiger partial charge in [-0.05, 0) is 63.0 Å². The molecule has 0 atom stereocenters. The molecule has 1 aromatic heterocycles. The maximum Gasteiger partial charge on any atom is 0.183 e. The number of rotatable bonds is 5. The molecule has 0 radical (unpaired) electrons. The zero-order valence-corrected chi connectivity index (χ0v) is 14.1. The third-order valence-corrected chi connectivity index (χ3v) is 4.40. The molecule has 19 heavy (non-hydrogen) atoms. The van der Waals surface area contributed by atoms with Crippen molar-refractivity contribution in [3.8, 4) is 5.75 Å². The summed E-state index contributed by atoms with van der Waals surface area (Å²) in [6.07, 6.45) is 0. The van der Waals surface area contributed by atoms with Crippen LogP contribution in [0, 0.1) is 0 Å².